The van der Waals surface area contributed by atoms with E-state index in [2.05, 4.69) is 43.3 Å². The third-order valence-corrected chi connectivity index (χ3v) is 5.71. The molecule has 0 spiro atoms. The molecule has 134 valence electrons. The van der Waals surface area contributed by atoms with Crippen molar-refractivity contribution in [1.29, 1.82) is 0 Å². The third kappa shape index (κ3) is 2.80. The van der Waals surface area contributed by atoms with Crippen LogP contribution < -0.4 is 0 Å². The first-order valence-corrected chi connectivity index (χ1v) is 9.80. The Kier molecular flexibility index (Phi) is 3.93. The van der Waals surface area contributed by atoms with Gasteiger partial charge < -0.3 is 0 Å². The van der Waals surface area contributed by atoms with E-state index in [0.29, 0.717) is 5.92 Å². The highest BCUT2D eigenvalue weighted by atomic mass is 19.1. The van der Waals surface area contributed by atoms with E-state index < -0.39 is 0 Å². The van der Waals surface area contributed by atoms with E-state index in [9.17, 15) is 4.39 Å². The average Bonchev–Trinajstić information content (AvgIpc) is 3.53. The molecule has 5 rings (SSSR count). The number of nitrogens with zero attached hydrogens (tertiary/aromatic N) is 1. The molecule has 0 saturated heterocycles. The molecule has 27 heavy (non-hydrogen) atoms. The minimum atomic E-state index is -0.193. The highest BCUT2D eigenvalue weighted by Gasteiger charge is 2.32. The molecule has 1 aromatic heterocycles. The molecule has 2 aliphatic rings. The zero-order valence-electron chi connectivity index (χ0n) is 15.5. The molecule has 2 aliphatic carbocycles. The summed E-state index contributed by atoms with van der Waals surface area (Å²) in [5.41, 5.74) is 9.84. The molecule has 2 aromatic carbocycles. The molecule has 0 N–H and O–H groups in total. The molecule has 0 atom stereocenters. The van der Waals surface area contributed by atoms with E-state index >= 15 is 0 Å². The van der Waals surface area contributed by atoms with Crippen LogP contribution in [-0.4, -0.2) is 4.98 Å². The van der Waals surface area contributed by atoms with Gasteiger partial charge in [-0.1, -0.05) is 48.6 Å². The van der Waals surface area contributed by atoms with Crippen LogP contribution in [0.2, 0.25) is 0 Å². The van der Waals surface area contributed by atoms with Gasteiger partial charge >= 0.3 is 0 Å². The molecule has 0 bridgehead atoms. The van der Waals surface area contributed by atoms with Gasteiger partial charge in [0, 0.05) is 17.0 Å². The van der Waals surface area contributed by atoms with Crippen LogP contribution in [-0.2, 0) is 12.8 Å². The van der Waals surface area contributed by atoms with Crippen molar-refractivity contribution in [2.75, 3.05) is 0 Å². The van der Waals surface area contributed by atoms with Crippen molar-refractivity contribution in [3.63, 3.8) is 0 Å². The normalized spacial score (nSPS) is 15.6. The maximum atomic E-state index is 13.6. The van der Waals surface area contributed by atoms with Gasteiger partial charge in [0.2, 0.25) is 0 Å². The number of hydrogen-bond acceptors (Lipinski definition) is 1. The Morgan fingerprint density at radius 1 is 1.00 bits per heavy atom. The summed E-state index contributed by atoms with van der Waals surface area (Å²) in [6.07, 6.45) is 8.71. The van der Waals surface area contributed by atoms with Crippen molar-refractivity contribution in [3.8, 4) is 22.4 Å². The Balaban J connectivity index is 1.85. The lowest BCUT2D eigenvalue weighted by molar-refractivity contribution is 0.628. The first-order valence-electron chi connectivity index (χ1n) is 9.80. The fraction of sp³-hybridized carbons (Fsp3) is 0.240. The van der Waals surface area contributed by atoms with E-state index in [1.54, 1.807) is 12.1 Å². The van der Waals surface area contributed by atoms with Crippen LogP contribution in [0.15, 0.2) is 54.6 Å². The van der Waals surface area contributed by atoms with E-state index in [1.165, 1.54) is 46.4 Å². The van der Waals surface area contributed by atoms with Crippen LogP contribution >= 0.6 is 0 Å². The van der Waals surface area contributed by atoms with Crippen molar-refractivity contribution in [3.05, 3.63) is 82.8 Å². The number of fused-ring (bicyclic) bond motifs is 3. The number of benzene rings is 2. The van der Waals surface area contributed by atoms with Gasteiger partial charge in [-0.2, -0.15) is 0 Å². The Labute approximate surface area is 159 Å². The fourth-order valence-electron chi connectivity index (χ4n) is 4.30. The van der Waals surface area contributed by atoms with E-state index in [1.807, 2.05) is 12.1 Å². The number of aromatic nitrogens is 1. The van der Waals surface area contributed by atoms with Gasteiger partial charge in [0.25, 0.3) is 0 Å². The minimum Gasteiger partial charge on any atom is -0.252 e. The molecule has 1 heterocycles. The van der Waals surface area contributed by atoms with Gasteiger partial charge in [-0.15, -0.1) is 0 Å². The standard InChI is InChI=1S/C25H22FN/c1-2-5-21-23(17-10-13-19(26)14-11-17)22-15-12-16-6-3-4-7-20(16)25(22)27-24(21)18-8-9-18/h2-7,10-11,13-14,18H,8-9,12,15H2,1H3/b5-2+. The molecule has 0 radical (unpaired) electrons. The summed E-state index contributed by atoms with van der Waals surface area (Å²) in [6, 6.07) is 15.6. The van der Waals surface area contributed by atoms with Crippen LogP contribution in [0.25, 0.3) is 28.5 Å². The summed E-state index contributed by atoms with van der Waals surface area (Å²) in [4.78, 5) is 5.21. The second-order valence-corrected chi connectivity index (χ2v) is 7.55. The third-order valence-electron chi connectivity index (χ3n) is 5.71. The van der Waals surface area contributed by atoms with Crippen LogP contribution in [0.3, 0.4) is 0 Å². The van der Waals surface area contributed by atoms with Crippen LogP contribution in [0.5, 0.6) is 0 Å². The summed E-state index contributed by atoms with van der Waals surface area (Å²) < 4.78 is 13.6. The highest BCUT2D eigenvalue weighted by Crippen LogP contribution is 2.47. The molecular weight excluding hydrogens is 333 g/mol. The fourth-order valence-corrected chi connectivity index (χ4v) is 4.30. The predicted octanol–water partition coefficient (Wildman–Crippen LogP) is 6.56. The van der Waals surface area contributed by atoms with E-state index in [0.717, 1.165) is 24.1 Å². The van der Waals surface area contributed by atoms with Gasteiger partial charge in [-0.3, -0.25) is 4.98 Å². The topological polar surface area (TPSA) is 12.9 Å². The van der Waals surface area contributed by atoms with Crippen molar-refractivity contribution >= 4 is 6.08 Å². The summed E-state index contributed by atoms with van der Waals surface area (Å²) >= 11 is 0. The Morgan fingerprint density at radius 2 is 1.78 bits per heavy atom. The van der Waals surface area contributed by atoms with Crippen molar-refractivity contribution in [1.82, 2.24) is 4.98 Å². The van der Waals surface area contributed by atoms with Gasteiger partial charge in [0.1, 0.15) is 5.82 Å². The van der Waals surface area contributed by atoms with Gasteiger partial charge in [0.15, 0.2) is 0 Å². The lowest BCUT2D eigenvalue weighted by atomic mass is 9.82. The molecule has 1 saturated carbocycles. The van der Waals surface area contributed by atoms with Gasteiger partial charge in [-0.05, 0) is 67.0 Å². The zero-order valence-corrected chi connectivity index (χ0v) is 15.5. The average molecular weight is 355 g/mol. The second kappa shape index (κ2) is 6.45. The Hall–Kier alpha value is -2.74. The Bertz CT molecular complexity index is 1040. The number of hydrogen-bond donors (Lipinski definition) is 0. The summed E-state index contributed by atoms with van der Waals surface area (Å²) in [6.45, 7) is 2.06. The zero-order chi connectivity index (χ0) is 18.4. The minimum absolute atomic E-state index is 0.193. The molecule has 3 aromatic rings. The smallest absolute Gasteiger partial charge is 0.123 e. The maximum Gasteiger partial charge on any atom is 0.123 e. The van der Waals surface area contributed by atoms with E-state index in [4.69, 9.17) is 4.98 Å². The number of pyridine rings is 1. The number of aryl methyl sites for hydroxylation is 1. The van der Waals surface area contributed by atoms with Crippen molar-refractivity contribution < 1.29 is 4.39 Å². The first kappa shape index (κ1) is 16.4. The highest BCUT2D eigenvalue weighted by molar-refractivity contribution is 5.86. The van der Waals surface area contributed by atoms with Crippen molar-refractivity contribution in [2.45, 2.75) is 38.5 Å². The lowest BCUT2D eigenvalue weighted by Crippen LogP contribution is -2.11. The quantitative estimate of drug-likeness (QED) is 0.518. The monoisotopic (exact) mass is 355 g/mol. The first-order chi connectivity index (χ1) is 13.3. The predicted molar refractivity (Wildman–Crippen MR) is 109 cm³/mol. The molecule has 1 fully saturated rings. The summed E-state index contributed by atoms with van der Waals surface area (Å²) in [7, 11) is 0. The number of allylic oxidation sites excluding steroid dienone is 1. The molecule has 0 aliphatic heterocycles. The second-order valence-electron chi connectivity index (χ2n) is 7.55. The van der Waals surface area contributed by atoms with Crippen molar-refractivity contribution in [2.24, 2.45) is 0 Å². The molecule has 1 nitrogen and oxygen atoms in total. The Morgan fingerprint density at radius 3 is 2.52 bits per heavy atom. The molecular formula is C25H22FN. The molecule has 0 amide bonds. The van der Waals surface area contributed by atoms with Gasteiger partial charge in [-0.25, -0.2) is 4.39 Å². The van der Waals surface area contributed by atoms with E-state index in [-0.39, 0.29) is 5.82 Å². The number of rotatable bonds is 3. The number of halogens is 1. The van der Waals surface area contributed by atoms with Crippen LogP contribution in [0.4, 0.5) is 4.39 Å². The largest absolute Gasteiger partial charge is 0.252 e. The van der Waals surface area contributed by atoms with Gasteiger partial charge in [0.05, 0.1) is 11.4 Å². The lowest BCUT2D eigenvalue weighted by Gasteiger charge is -2.25. The van der Waals surface area contributed by atoms with Crippen LogP contribution in [0, 0.1) is 5.82 Å². The maximum absolute atomic E-state index is 13.6. The molecule has 2 heteroatoms. The summed E-state index contributed by atoms with van der Waals surface area (Å²) in [5.74, 6) is 0.358. The summed E-state index contributed by atoms with van der Waals surface area (Å²) in [5, 5.41) is 0. The van der Waals surface area contributed by atoms with Crippen LogP contribution in [0.1, 0.15) is 48.1 Å². The molecule has 0 unspecified atom stereocenters. The SMILES string of the molecule is C/C=C/c1c(C2CC2)nc2c(c1-c1ccc(F)cc1)CCc1ccccc1-2.